The van der Waals surface area contributed by atoms with Gasteiger partial charge >= 0.3 is 6.01 Å². The zero-order valence-electron chi connectivity index (χ0n) is 13.2. The second kappa shape index (κ2) is 6.69. The number of nitrogen functional groups attached to an aromatic ring is 1. The minimum Gasteiger partial charge on any atom is -0.461 e. The maximum atomic E-state index is 5.48. The van der Waals surface area contributed by atoms with Gasteiger partial charge in [0.05, 0.1) is 6.10 Å². The molecule has 0 spiro atoms. The third-order valence-corrected chi connectivity index (χ3v) is 3.35. The zero-order chi connectivity index (χ0) is 15.3. The molecular weight excluding hydrogens is 256 g/mol. The summed E-state index contributed by atoms with van der Waals surface area (Å²) in [6.45, 7) is 13.3. The van der Waals surface area contributed by atoms with Gasteiger partial charge < -0.3 is 10.1 Å². The van der Waals surface area contributed by atoms with Crippen LogP contribution in [0.15, 0.2) is 0 Å². The number of rotatable bonds is 7. The second-order valence-corrected chi connectivity index (χ2v) is 6.07. The fourth-order valence-electron chi connectivity index (χ4n) is 1.27. The van der Waals surface area contributed by atoms with Crippen LogP contribution in [0, 0.1) is 11.3 Å². The Hall–Kier alpha value is -1.63. The molecule has 0 radical (unpaired) electrons. The lowest BCUT2D eigenvalue weighted by Crippen LogP contribution is -2.29. The lowest BCUT2D eigenvalue weighted by atomic mass is 9.81. The number of hydrazine groups is 1. The number of aromatic nitrogens is 3. The number of nitrogens with zero attached hydrogens (tertiary/aromatic N) is 3. The lowest BCUT2D eigenvalue weighted by Gasteiger charge is -2.29. The van der Waals surface area contributed by atoms with E-state index in [1.165, 1.54) is 0 Å². The van der Waals surface area contributed by atoms with Gasteiger partial charge in [-0.1, -0.05) is 27.7 Å². The van der Waals surface area contributed by atoms with Crippen LogP contribution in [0.25, 0.3) is 0 Å². The molecule has 0 aromatic carbocycles. The summed E-state index contributed by atoms with van der Waals surface area (Å²) in [7, 11) is 0. The zero-order valence-corrected chi connectivity index (χ0v) is 13.2. The molecule has 1 aromatic rings. The molecule has 4 N–H and O–H groups in total. The first-order valence-corrected chi connectivity index (χ1v) is 6.88. The molecule has 114 valence electrons. The molecule has 7 heteroatoms. The van der Waals surface area contributed by atoms with Crippen molar-refractivity contribution in [1.29, 1.82) is 0 Å². The molecule has 1 aromatic heterocycles. The van der Waals surface area contributed by atoms with Crippen LogP contribution < -0.4 is 21.3 Å². The van der Waals surface area contributed by atoms with Gasteiger partial charge in [-0.2, -0.15) is 15.0 Å². The van der Waals surface area contributed by atoms with Gasteiger partial charge in [0.1, 0.15) is 0 Å². The fourth-order valence-corrected chi connectivity index (χ4v) is 1.27. The monoisotopic (exact) mass is 282 g/mol. The molecule has 20 heavy (non-hydrogen) atoms. The Labute approximate surface area is 120 Å². The van der Waals surface area contributed by atoms with Crippen molar-refractivity contribution in [2.45, 2.75) is 47.6 Å². The van der Waals surface area contributed by atoms with Crippen LogP contribution in [0.2, 0.25) is 0 Å². The van der Waals surface area contributed by atoms with Crippen molar-refractivity contribution in [1.82, 2.24) is 15.0 Å². The molecule has 0 saturated carbocycles. The van der Waals surface area contributed by atoms with Crippen molar-refractivity contribution in [3.8, 4) is 6.01 Å². The van der Waals surface area contributed by atoms with Gasteiger partial charge in [0.15, 0.2) is 0 Å². The predicted octanol–water partition coefficient (Wildman–Crippen LogP) is 2.04. The van der Waals surface area contributed by atoms with E-state index in [2.05, 4.69) is 53.4 Å². The Morgan fingerprint density at radius 2 is 1.70 bits per heavy atom. The van der Waals surface area contributed by atoms with Gasteiger partial charge in [-0.05, 0) is 25.2 Å². The minimum atomic E-state index is -0.0111. The number of nitrogens with one attached hydrogen (secondary N) is 2. The molecule has 7 nitrogen and oxygen atoms in total. The van der Waals surface area contributed by atoms with E-state index < -0.39 is 0 Å². The fraction of sp³-hybridized carbons (Fsp3) is 0.769. The maximum Gasteiger partial charge on any atom is 0.323 e. The molecule has 0 aliphatic heterocycles. The van der Waals surface area contributed by atoms with Crippen molar-refractivity contribution in [3.63, 3.8) is 0 Å². The van der Waals surface area contributed by atoms with Crippen molar-refractivity contribution in [2.24, 2.45) is 17.2 Å². The highest BCUT2D eigenvalue weighted by molar-refractivity contribution is 5.35. The summed E-state index contributed by atoms with van der Waals surface area (Å²) < 4.78 is 5.48. The van der Waals surface area contributed by atoms with E-state index in [9.17, 15) is 0 Å². The van der Waals surface area contributed by atoms with Gasteiger partial charge in [-0.3, -0.25) is 5.43 Å². The summed E-state index contributed by atoms with van der Waals surface area (Å²) in [6.07, 6.45) is -0.0111. The quantitative estimate of drug-likeness (QED) is 0.520. The van der Waals surface area contributed by atoms with Crippen molar-refractivity contribution < 1.29 is 4.74 Å². The minimum absolute atomic E-state index is 0.0111. The molecule has 1 heterocycles. The molecule has 0 unspecified atom stereocenters. The van der Waals surface area contributed by atoms with Crippen LogP contribution in [0.5, 0.6) is 6.01 Å². The normalized spacial score (nSPS) is 11.8. The summed E-state index contributed by atoms with van der Waals surface area (Å²) in [5, 5.41) is 3.22. The van der Waals surface area contributed by atoms with Gasteiger partial charge in [-0.25, -0.2) is 5.84 Å². The first-order chi connectivity index (χ1) is 9.24. The third-order valence-electron chi connectivity index (χ3n) is 3.35. The van der Waals surface area contributed by atoms with Crippen molar-refractivity contribution in [3.05, 3.63) is 0 Å². The Morgan fingerprint density at radius 3 is 2.20 bits per heavy atom. The van der Waals surface area contributed by atoms with E-state index in [1.54, 1.807) is 0 Å². The van der Waals surface area contributed by atoms with Crippen LogP contribution in [-0.4, -0.2) is 27.6 Å². The first-order valence-electron chi connectivity index (χ1n) is 6.88. The highest BCUT2D eigenvalue weighted by Crippen LogP contribution is 2.26. The Kier molecular flexibility index (Phi) is 5.50. The number of anilines is 2. The van der Waals surface area contributed by atoms with E-state index in [0.29, 0.717) is 11.9 Å². The molecule has 0 amide bonds. The predicted molar refractivity (Wildman–Crippen MR) is 80.5 cm³/mol. The molecule has 0 saturated heterocycles. The van der Waals surface area contributed by atoms with E-state index in [0.717, 1.165) is 6.54 Å². The average molecular weight is 282 g/mol. The van der Waals surface area contributed by atoms with Gasteiger partial charge in [0, 0.05) is 6.54 Å². The molecular formula is C13H26N6O. The van der Waals surface area contributed by atoms with Crippen LogP contribution in [0.3, 0.4) is 0 Å². The molecule has 0 bridgehead atoms. The molecule has 0 aliphatic carbocycles. The van der Waals surface area contributed by atoms with E-state index in [-0.39, 0.29) is 23.5 Å². The van der Waals surface area contributed by atoms with Gasteiger partial charge in [0.25, 0.3) is 0 Å². The van der Waals surface area contributed by atoms with Crippen LogP contribution >= 0.6 is 0 Å². The highest BCUT2D eigenvalue weighted by Gasteiger charge is 2.22. The standard InChI is InChI=1S/C13H26N6O/c1-8(2)13(5,6)7-15-10-16-11(19-14)18-12(17-10)20-9(3)4/h8-9H,7,14H2,1-6H3,(H2,15,16,17,18,19). The van der Waals surface area contributed by atoms with Gasteiger partial charge in [-0.15, -0.1) is 0 Å². The summed E-state index contributed by atoms with van der Waals surface area (Å²) in [4.78, 5) is 12.5. The van der Waals surface area contributed by atoms with Crippen LogP contribution in [-0.2, 0) is 0 Å². The molecule has 0 atom stereocenters. The van der Waals surface area contributed by atoms with Crippen LogP contribution in [0.4, 0.5) is 11.9 Å². The third kappa shape index (κ3) is 4.80. The number of hydrogen-bond acceptors (Lipinski definition) is 7. The number of ether oxygens (including phenoxy) is 1. The lowest BCUT2D eigenvalue weighted by molar-refractivity contribution is 0.222. The van der Waals surface area contributed by atoms with E-state index in [1.807, 2.05) is 13.8 Å². The highest BCUT2D eigenvalue weighted by atomic mass is 16.5. The number of nitrogens with two attached hydrogens (primary N) is 1. The van der Waals surface area contributed by atoms with Crippen molar-refractivity contribution >= 4 is 11.9 Å². The topological polar surface area (TPSA) is 98.0 Å². The first kappa shape index (κ1) is 16.4. The molecule has 1 rings (SSSR count). The maximum absolute atomic E-state index is 5.48. The smallest absolute Gasteiger partial charge is 0.323 e. The SMILES string of the molecule is CC(C)Oc1nc(NN)nc(NCC(C)(C)C(C)C)n1. The molecule has 0 aliphatic rings. The van der Waals surface area contributed by atoms with Crippen LogP contribution in [0.1, 0.15) is 41.5 Å². The number of hydrogen-bond donors (Lipinski definition) is 3. The summed E-state index contributed by atoms with van der Waals surface area (Å²) >= 11 is 0. The Balaban J connectivity index is 2.83. The largest absolute Gasteiger partial charge is 0.461 e. The van der Waals surface area contributed by atoms with Gasteiger partial charge in [0.2, 0.25) is 11.9 Å². The van der Waals surface area contributed by atoms with Crippen molar-refractivity contribution in [2.75, 3.05) is 17.3 Å². The summed E-state index contributed by atoms with van der Waals surface area (Å²) in [6, 6.07) is 0.257. The molecule has 0 fully saturated rings. The van der Waals surface area contributed by atoms with E-state index in [4.69, 9.17) is 10.6 Å². The summed E-state index contributed by atoms with van der Waals surface area (Å²) in [5.41, 5.74) is 2.55. The second-order valence-electron chi connectivity index (χ2n) is 6.07. The summed E-state index contributed by atoms with van der Waals surface area (Å²) in [5.74, 6) is 6.63. The van der Waals surface area contributed by atoms with E-state index >= 15 is 0 Å². The average Bonchev–Trinajstić information content (AvgIpc) is 2.35. The Bertz CT molecular complexity index is 433. The Morgan fingerprint density at radius 1 is 1.10 bits per heavy atom.